The van der Waals surface area contributed by atoms with Gasteiger partial charge in [0, 0.05) is 35.2 Å². The van der Waals surface area contributed by atoms with Crippen molar-refractivity contribution in [3.63, 3.8) is 0 Å². The summed E-state index contributed by atoms with van der Waals surface area (Å²) in [5.41, 5.74) is 4.43. The number of amides is 1. The highest BCUT2D eigenvalue weighted by molar-refractivity contribution is 5.92. The van der Waals surface area contributed by atoms with Crippen molar-refractivity contribution >= 4 is 12.0 Å². The average molecular weight is 487 g/mol. The van der Waals surface area contributed by atoms with E-state index in [2.05, 4.69) is 49.8 Å². The van der Waals surface area contributed by atoms with Crippen LogP contribution in [0, 0.1) is 18.8 Å². The molecular formula is C31H38N2O3. The summed E-state index contributed by atoms with van der Waals surface area (Å²) >= 11 is 0. The number of likely N-dealkylation sites (tertiary alicyclic amines) is 1. The van der Waals surface area contributed by atoms with E-state index in [0.717, 1.165) is 49.1 Å². The molecule has 0 aromatic heterocycles. The van der Waals surface area contributed by atoms with Gasteiger partial charge in [0.25, 0.3) is 0 Å². The van der Waals surface area contributed by atoms with Crippen LogP contribution in [0.3, 0.4) is 0 Å². The van der Waals surface area contributed by atoms with E-state index in [4.69, 9.17) is 4.74 Å². The second-order valence-electron chi connectivity index (χ2n) is 11.9. The fourth-order valence-electron chi connectivity index (χ4n) is 7.86. The largest absolute Gasteiger partial charge is 0.508 e. The van der Waals surface area contributed by atoms with Crippen molar-refractivity contribution < 1.29 is 14.6 Å². The lowest BCUT2D eigenvalue weighted by Gasteiger charge is -2.60. The van der Waals surface area contributed by atoms with Gasteiger partial charge in [-0.25, -0.2) is 0 Å². The number of hydrogen-bond donors (Lipinski definition) is 1. The Bertz CT molecular complexity index is 1220. The summed E-state index contributed by atoms with van der Waals surface area (Å²) in [6, 6.07) is 12.4. The molecule has 6 rings (SSSR count). The van der Waals surface area contributed by atoms with Gasteiger partial charge in [-0.2, -0.15) is 0 Å². The highest BCUT2D eigenvalue weighted by Gasteiger charge is 2.66. The minimum absolute atomic E-state index is 0.0165. The molecule has 0 unspecified atom stereocenters. The van der Waals surface area contributed by atoms with Crippen molar-refractivity contribution in [1.82, 2.24) is 9.80 Å². The Hall–Kier alpha value is -2.79. The second kappa shape index (κ2) is 8.65. The minimum Gasteiger partial charge on any atom is -0.508 e. The maximum absolute atomic E-state index is 13.8. The van der Waals surface area contributed by atoms with Gasteiger partial charge < -0.3 is 19.6 Å². The number of rotatable bonds is 5. The van der Waals surface area contributed by atoms with E-state index in [9.17, 15) is 9.90 Å². The molecule has 190 valence electrons. The first-order valence-electron chi connectivity index (χ1n) is 13.6. The molecule has 2 aromatic carbocycles. The fourth-order valence-corrected chi connectivity index (χ4v) is 7.86. The summed E-state index contributed by atoms with van der Waals surface area (Å²) in [5.74, 6) is 2.24. The number of aromatic hydroxyl groups is 1. The molecule has 5 atom stereocenters. The van der Waals surface area contributed by atoms with Gasteiger partial charge in [0.15, 0.2) is 0 Å². The van der Waals surface area contributed by atoms with Crippen molar-refractivity contribution in [2.45, 2.75) is 70.1 Å². The van der Waals surface area contributed by atoms with Crippen LogP contribution in [-0.4, -0.2) is 59.1 Å². The van der Waals surface area contributed by atoms with E-state index in [1.165, 1.54) is 11.1 Å². The summed E-state index contributed by atoms with van der Waals surface area (Å²) in [5, 5.41) is 10.9. The molecule has 2 aliphatic heterocycles. The van der Waals surface area contributed by atoms with Gasteiger partial charge in [0.2, 0.25) is 5.91 Å². The van der Waals surface area contributed by atoms with Gasteiger partial charge in [-0.3, -0.25) is 4.79 Å². The van der Waals surface area contributed by atoms with Crippen molar-refractivity contribution in [3.8, 4) is 11.5 Å². The Balaban J connectivity index is 1.39. The summed E-state index contributed by atoms with van der Waals surface area (Å²) in [4.78, 5) is 18.4. The zero-order valence-electron chi connectivity index (χ0n) is 21.9. The Morgan fingerprint density at radius 1 is 1.28 bits per heavy atom. The SMILES string of the molecule is Cc1cccc(C=CC(=O)N(CC(C)C)[C@@H]2CC[C@H]3[C@H]4Cc5c(O)ccc6c5[C@@]3(CCN4C)[C@H]2O6)c1. The van der Waals surface area contributed by atoms with Crippen molar-refractivity contribution in [1.29, 1.82) is 0 Å². The van der Waals surface area contributed by atoms with Gasteiger partial charge in [0.1, 0.15) is 17.6 Å². The molecule has 4 aliphatic rings. The fraction of sp³-hybridized carbons (Fsp3) is 0.516. The molecule has 1 saturated carbocycles. The van der Waals surface area contributed by atoms with E-state index < -0.39 is 0 Å². The van der Waals surface area contributed by atoms with E-state index in [0.29, 0.717) is 30.2 Å². The van der Waals surface area contributed by atoms with Crippen LogP contribution in [0.25, 0.3) is 6.08 Å². The molecule has 1 spiro atoms. The first-order valence-corrected chi connectivity index (χ1v) is 13.6. The second-order valence-corrected chi connectivity index (χ2v) is 11.9. The number of carbonyl (C=O) groups is 1. The molecule has 1 amide bonds. The molecule has 0 radical (unpaired) electrons. The van der Waals surface area contributed by atoms with Gasteiger partial charge >= 0.3 is 0 Å². The molecule has 2 heterocycles. The van der Waals surface area contributed by atoms with E-state index in [-0.39, 0.29) is 23.5 Å². The Kier molecular flexibility index (Phi) is 5.67. The monoisotopic (exact) mass is 486 g/mol. The number of aryl methyl sites for hydroxylation is 1. The third-order valence-electron chi connectivity index (χ3n) is 9.29. The normalized spacial score (nSPS) is 30.4. The third kappa shape index (κ3) is 3.50. The van der Waals surface area contributed by atoms with Crippen LogP contribution >= 0.6 is 0 Å². The third-order valence-corrected chi connectivity index (χ3v) is 9.29. The topological polar surface area (TPSA) is 53.0 Å². The van der Waals surface area contributed by atoms with E-state index in [1.807, 2.05) is 24.3 Å². The quantitative estimate of drug-likeness (QED) is 0.609. The predicted molar refractivity (Wildman–Crippen MR) is 142 cm³/mol. The summed E-state index contributed by atoms with van der Waals surface area (Å²) in [7, 11) is 2.23. The summed E-state index contributed by atoms with van der Waals surface area (Å²) in [6.07, 6.45) is 7.55. The van der Waals surface area contributed by atoms with E-state index >= 15 is 0 Å². The number of hydrogen-bond acceptors (Lipinski definition) is 4. The zero-order chi connectivity index (χ0) is 25.2. The number of piperidine rings is 1. The number of phenols is 1. The number of benzene rings is 2. The van der Waals surface area contributed by atoms with Gasteiger partial charge in [-0.05, 0) is 81.8 Å². The Morgan fingerprint density at radius 3 is 2.89 bits per heavy atom. The highest BCUT2D eigenvalue weighted by Crippen LogP contribution is 2.63. The predicted octanol–water partition coefficient (Wildman–Crippen LogP) is 4.94. The standard InChI is InChI=1S/C31H38N2O3/c1-19(2)18-33(28(35)13-8-21-7-5-6-20(3)16-21)24-10-9-23-25-17-22-26(34)11-12-27-29(22)31(23,30(24)36-27)14-15-32(25)4/h5-8,11-13,16,19,23-25,30,34H,9-10,14-15,17-18H2,1-4H3/t23-,24+,25+,30-,31-/m0/s1. The molecule has 2 aromatic rings. The van der Waals surface area contributed by atoms with Gasteiger partial charge in [0.05, 0.1) is 6.04 Å². The van der Waals surface area contributed by atoms with Crippen molar-refractivity contribution in [3.05, 3.63) is 64.7 Å². The first kappa shape index (κ1) is 23.6. The zero-order valence-corrected chi connectivity index (χ0v) is 21.9. The molecule has 1 N–H and O–H groups in total. The number of carbonyl (C=O) groups excluding carboxylic acids is 1. The van der Waals surface area contributed by atoms with Crippen LogP contribution in [0.2, 0.25) is 0 Å². The van der Waals surface area contributed by atoms with Crippen LogP contribution in [0.5, 0.6) is 11.5 Å². The Morgan fingerprint density at radius 2 is 2.11 bits per heavy atom. The van der Waals surface area contributed by atoms with Crippen molar-refractivity contribution in [2.75, 3.05) is 20.1 Å². The van der Waals surface area contributed by atoms with Crippen molar-refractivity contribution in [2.24, 2.45) is 11.8 Å². The Labute approximate surface area is 214 Å². The number of nitrogens with zero attached hydrogens (tertiary/aromatic N) is 2. The molecule has 2 fully saturated rings. The summed E-state index contributed by atoms with van der Waals surface area (Å²) < 4.78 is 6.83. The highest BCUT2D eigenvalue weighted by atomic mass is 16.5. The molecule has 2 bridgehead atoms. The van der Waals surface area contributed by atoms with E-state index in [1.54, 1.807) is 12.1 Å². The average Bonchev–Trinajstić information content (AvgIpc) is 3.18. The molecule has 5 heteroatoms. The van der Waals surface area contributed by atoms with Crippen LogP contribution < -0.4 is 4.74 Å². The molecule has 5 nitrogen and oxygen atoms in total. The maximum atomic E-state index is 13.8. The van der Waals surface area contributed by atoms with Crippen LogP contribution in [0.15, 0.2) is 42.5 Å². The smallest absolute Gasteiger partial charge is 0.246 e. The number of ether oxygens (including phenoxy) is 1. The van der Waals surface area contributed by atoms with Gasteiger partial charge in [-0.15, -0.1) is 0 Å². The lowest BCUT2D eigenvalue weighted by molar-refractivity contribution is -0.138. The minimum atomic E-state index is -0.127. The molecule has 1 saturated heterocycles. The summed E-state index contributed by atoms with van der Waals surface area (Å²) in [6.45, 7) is 8.16. The number of phenolic OH excluding ortho intramolecular Hbond substituents is 1. The van der Waals surface area contributed by atoms with Crippen LogP contribution in [-0.2, 0) is 16.6 Å². The van der Waals surface area contributed by atoms with Crippen LogP contribution in [0.4, 0.5) is 0 Å². The van der Waals surface area contributed by atoms with Crippen LogP contribution in [0.1, 0.15) is 55.4 Å². The molecular weight excluding hydrogens is 448 g/mol. The maximum Gasteiger partial charge on any atom is 0.246 e. The lowest BCUT2D eigenvalue weighted by Crippen LogP contribution is -2.68. The first-order chi connectivity index (χ1) is 17.3. The molecule has 2 aliphatic carbocycles. The van der Waals surface area contributed by atoms with Gasteiger partial charge in [-0.1, -0.05) is 43.7 Å². The number of likely N-dealkylation sites (N-methyl/N-ethyl adjacent to an activating group) is 1. The molecule has 36 heavy (non-hydrogen) atoms. The lowest BCUT2D eigenvalue weighted by atomic mass is 9.51.